The average Bonchev–Trinajstić information content (AvgIpc) is 2.47. The lowest BCUT2D eigenvalue weighted by molar-refractivity contribution is -0.116. The normalized spacial score (nSPS) is 11.1. The molecule has 2 heteroatoms. The molecule has 0 saturated carbocycles. The Morgan fingerprint density at radius 2 is 1.25 bits per heavy atom. The van der Waals surface area contributed by atoms with E-state index in [1.165, 1.54) is 70.6 Å². The van der Waals surface area contributed by atoms with Crippen molar-refractivity contribution in [3.05, 3.63) is 12.2 Å². The van der Waals surface area contributed by atoms with Crippen LogP contribution in [0.25, 0.3) is 0 Å². The summed E-state index contributed by atoms with van der Waals surface area (Å²) < 4.78 is 0. The van der Waals surface area contributed by atoms with Gasteiger partial charge in [-0.15, -0.1) is 0 Å². The highest BCUT2D eigenvalue weighted by atomic mass is 16.1. The fourth-order valence-electron chi connectivity index (χ4n) is 2.33. The third kappa shape index (κ3) is 15.3. The standard InChI is InChI=1S/C18H35NO/c1-3-4-5-6-7-8-9-10-11-12-13-14-15-16-17-19(2)18-20/h15-16,18H,3-14,17H2,1-2H3/b16-15+. The van der Waals surface area contributed by atoms with Gasteiger partial charge in [-0.25, -0.2) is 0 Å². The lowest BCUT2D eigenvalue weighted by Gasteiger charge is -2.05. The Morgan fingerprint density at radius 1 is 0.750 bits per heavy atom. The van der Waals surface area contributed by atoms with Crippen LogP contribution in [0.1, 0.15) is 84.0 Å². The van der Waals surface area contributed by atoms with Gasteiger partial charge in [0.05, 0.1) is 0 Å². The molecule has 0 fully saturated rings. The van der Waals surface area contributed by atoms with E-state index in [9.17, 15) is 4.79 Å². The Hall–Kier alpha value is -0.790. The molecule has 0 bridgehead atoms. The molecule has 0 atom stereocenters. The number of carbonyl (C=O) groups is 1. The fraction of sp³-hybridized carbons (Fsp3) is 0.833. The summed E-state index contributed by atoms with van der Waals surface area (Å²) in [5, 5.41) is 0. The molecule has 1 amide bonds. The highest BCUT2D eigenvalue weighted by molar-refractivity contribution is 5.46. The maximum Gasteiger partial charge on any atom is 0.209 e. The van der Waals surface area contributed by atoms with E-state index >= 15 is 0 Å². The van der Waals surface area contributed by atoms with Gasteiger partial charge in [0, 0.05) is 13.6 Å². The van der Waals surface area contributed by atoms with Crippen molar-refractivity contribution in [2.45, 2.75) is 84.0 Å². The predicted octanol–water partition coefficient (Wildman–Crippen LogP) is 5.33. The van der Waals surface area contributed by atoms with Gasteiger partial charge in [0.25, 0.3) is 0 Å². The quantitative estimate of drug-likeness (QED) is 0.226. The largest absolute Gasteiger partial charge is 0.345 e. The second kappa shape index (κ2) is 16.3. The van der Waals surface area contributed by atoms with Crippen molar-refractivity contribution >= 4 is 6.41 Å². The summed E-state index contributed by atoms with van der Waals surface area (Å²) in [5.41, 5.74) is 0. The van der Waals surface area contributed by atoms with E-state index in [-0.39, 0.29) is 0 Å². The van der Waals surface area contributed by atoms with Crippen LogP contribution in [0.2, 0.25) is 0 Å². The van der Waals surface area contributed by atoms with E-state index in [0.29, 0.717) is 0 Å². The maximum atomic E-state index is 10.4. The Morgan fingerprint density at radius 3 is 1.75 bits per heavy atom. The molecule has 2 nitrogen and oxygen atoms in total. The van der Waals surface area contributed by atoms with Gasteiger partial charge in [0.2, 0.25) is 6.41 Å². The molecular formula is C18H35NO. The van der Waals surface area contributed by atoms with Crippen LogP contribution in [-0.2, 0) is 4.79 Å². The fourth-order valence-corrected chi connectivity index (χ4v) is 2.33. The monoisotopic (exact) mass is 281 g/mol. The summed E-state index contributed by atoms with van der Waals surface area (Å²) in [6, 6.07) is 0. The van der Waals surface area contributed by atoms with Crippen LogP contribution in [0.3, 0.4) is 0 Å². The highest BCUT2D eigenvalue weighted by Crippen LogP contribution is 2.11. The van der Waals surface area contributed by atoms with E-state index in [2.05, 4.69) is 19.1 Å². The minimum atomic E-state index is 0.738. The summed E-state index contributed by atoms with van der Waals surface area (Å²) in [4.78, 5) is 12.0. The number of allylic oxidation sites excluding steroid dienone is 1. The van der Waals surface area contributed by atoms with Crippen LogP contribution < -0.4 is 0 Å². The van der Waals surface area contributed by atoms with Crippen molar-refractivity contribution in [1.82, 2.24) is 4.90 Å². The lowest BCUT2D eigenvalue weighted by Crippen LogP contribution is -2.14. The second-order valence-electron chi connectivity index (χ2n) is 5.84. The van der Waals surface area contributed by atoms with Gasteiger partial charge in [-0.1, -0.05) is 83.3 Å². The Labute approximate surface area is 126 Å². The van der Waals surface area contributed by atoms with Gasteiger partial charge in [-0.2, -0.15) is 0 Å². The highest BCUT2D eigenvalue weighted by Gasteiger charge is 1.92. The summed E-state index contributed by atoms with van der Waals surface area (Å²) in [7, 11) is 1.81. The predicted molar refractivity (Wildman–Crippen MR) is 88.9 cm³/mol. The molecule has 0 aliphatic rings. The topological polar surface area (TPSA) is 20.3 Å². The number of rotatable bonds is 15. The summed E-state index contributed by atoms with van der Waals surface area (Å²) >= 11 is 0. The van der Waals surface area contributed by atoms with Crippen LogP contribution >= 0.6 is 0 Å². The van der Waals surface area contributed by atoms with Gasteiger partial charge in [-0.05, 0) is 12.8 Å². The number of hydrogen-bond acceptors (Lipinski definition) is 1. The molecule has 0 saturated heterocycles. The van der Waals surface area contributed by atoms with Gasteiger partial charge in [0.15, 0.2) is 0 Å². The molecule has 0 spiro atoms. The third-order valence-corrected chi connectivity index (χ3v) is 3.71. The smallest absolute Gasteiger partial charge is 0.209 e. The number of carbonyl (C=O) groups excluding carboxylic acids is 1. The Balaban J connectivity index is 3.07. The first kappa shape index (κ1) is 19.2. The van der Waals surface area contributed by atoms with Crippen LogP contribution in [0, 0.1) is 0 Å². The molecule has 20 heavy (non-hydrogen) atoms. The molecule has 0 aromatic carbocycles. The minimum absolute atomic E-state index is 0.738. The van der Waals surface area contributed by atoms with Crippen LogP contribution in [0.5, 0.6) is 0 Å². The van der Waals surface area contributed by atoms with Crippen molar-refractivity contribution in [2.75, 3.05) is 13.6 Å². The zero-order chi connectivity index (χ0) is 14.9. The number of likely N-dealkylation sites (N-methyl/N-ethyl adjacent to an activating group) is 1. The van der Waals surface area contributed by atoms with Crippen LogP contribution in [0.15, 0.2) is 12.2 Å². The summed E-state index contributed by atoms with van der Waals surface area (Å²) in [5.74, 6) is 0. The van der Waals surface area contributed by atoms with Crippen molar-refractivity contribution in [3.8, 4) is 0 Å². The summed E-state index contributed by atoms with van der Waals surface area (Å²) in [6.07, 6.45) is 21.7. The van der Waals surface area contributed by atoms with E-state index < -0.39 is 0 Å². The van der Waals surface area contributed by atoms with Crippen LogP contribution in [-0.4, -0.2) is 24.9 Å². The SMILES string of the molecule is CCCCCCCCCCCCC/C=C/CN(C)C=O. The second-order valence-corrected chi connectivity index (χ2v) is 5.84. The molecule has 0 aromatic heterocycles. The van der Waals surface area contributed by atoms with Crippen molar-refractivity contribution in [3.63, 3.8) is 0 Å². The molecular weight excluding hydrogens is 246 g/mol. The number of amides is 1. The first-order valence-corrected chi connectivity index (χ1v) is 8.61. The van der Waals surface area contributed by atoms with Crippen molar-refractivity contribution in [2.24, 2.45) is 0 Å². The lowest BCUT2D eigenvalue weighted by atomic mass is 10.1. The van der Waals surface area contributed by atoms with Gasteiger partial charge in [-0.3, -0.25) is 4.79 Å². The zero-order valence-corrected chi connectivity index (χ0v) is 13.8. The number of hydrogen-bond donors (Lipinski definition) is 0. The first-order chi connectivity index (χ1) is 9.81. The van der Waals surface area contributed by atoms with E-state index in [1.54, 1.807) is 11.9 Å². The molecule has 0 rings (SSSR count). The number of nitrogens with zero attached hydrogens (tertiary/aromatic N) is 1. The molecule has 0 heterocycles. The molecule has 0 radical (unpaired) electrons. The molecule has 118 valence electrons. The average molecular weight is 281 g/mol. The maximum absolute atomic E-state index is 10.4. The molecule has 0 N–H and O–H groups in total. The summed E-state index contributed by atoms with van der Waals surface area (Å²) in [6.45, 7) is 3.01. The van der Waals surface area contributed by atoms with E-state index in [1.807, 2.05) is 0 Å². The number of unbranched alkanes of at least 4 members (excludes halogenated alkanes) is 11. The Bertz CT molecular complexity index is 225. The van der Waals surface area contributed by atoms with Crippen molar-refractivity contribution < 1.29 is 4.79 Å². The zero-order valence-electron chi connectivity index (χ0n) is 13.8. The molecule has 0 unspecified atom stereocenters. The molecule has 0 aliphatic carbocycles. The third-order valence-electron chi connectivity index (χ3n) is 3.71. The van der Waals surface area contributed by atoms with Crippen molar-refractivity contribution in [1.29, 1.82) is 0 Å². The van der Waals surface area contributed by atoms with E-state index in [4.69, 9.17) is 0 Å². The van der Waals surface area contributed by atoms with Gasteiger partial charge < -0.3 is 4.90 Å². The molecule has 0 aliphatic heterocycles. The first-order valence-electron chi connectivity index (χ1n) is 8.61. The van der Waals surface area contributed by atoms with Gasteiger partial charge in [0.1, 0.15) is 0 Å². The van der Waals surface area contributed by atoms with Gasteiger partial charge >= 0.3 is 0 Å². The Kier molecular flexibility index (Phi) is 15.6. The molecule has 0 aromatic rings. The van der Waals surface area contributed by atoms with E-state index in [0.717, 1.165) is 19.4 Å². The van der Waals surface area contributed by atoms with Crippen LogP contribution in [0.4, 0.5) is 0 Å². The minimum Gasteiger partial charge on any atom is -0.345 e.